The monoisotopic (exact) mass is 357 g/mol. The van der Waals surface area contributed by atoms with E-state index in [0.29, 0.717) is 19.0 Å². The molecule has 1 aromatic carbocycles. The van der Waals surface area contributed by atoms with E-state index in [2.05, 4.69) is 11.4 Å². The van der Waals surface area contributed by atoms with E-state index in [0.717, 1.165) is 50.0 Å². The van der Waals surface area contributed by atoms with Crippen molar-refractivity contribution in [1.29, 1.82) is 5.26 Å². The Morgan fingerprint density at radius 3 is 2.58 bits per heavy atom. The van der Waals surface area contributed by atoms with Crippen LogP contribution in [-0.2, 0) is 4.79 Å². The molecule has 1 N–H and O–H groups in total. The molecule has 0 spiro atoms. The van der Waals surface area contributed by atoms with Crippen LogP contribution in [0.25, 0.3) is 0 Å². The molecule has 1 fully saturated rings. The highest BCUT2D eigenvalue weighted by Gasteiger charge is 2.40. The van der Waals surface area contributed by atoms with Gasteiger partial charge in [0.2, 0.25) is 5.91 Å². The molecule has 0 radical (unpaired) electrons. The molecule has 1 amide bonds. The Hall–Kier alpha value is -2.42. The first-order valence-electron chi connectivity index (χ1n) is 9.41. The van der Waals surface area contributed by atoms with Gasteiger partial charge in [-0.2, -0.15) is 5.26 Å². The Labute approximate surface area is 155 Å². The molecule has 1 aliphatic heterocycles. The third-order valence-corrected chi connectivity index (χ3v) is 5.36. The standard InChI is InChI=1S/C20H27N3O3/c1-15(19(24)23(2)20(14-21)9-4-3-5-10-20)22-16-7-8-17-18(13-16)26-12-6-11-25-17/h7-8,13,15,22H,3-6,9-12H2,1-2H3/t15-/m0/s1. The van der Waals surface area contributed by atoms with E-state index in [9.17, 15) is 10.1 Å². The number of hydrogen-bond donors (Lipinski definition) is 1. The van der Waals surface area contributed by atoms with Crippen molar-refractivity contribution in [2.24, 2.45) is 0 Å². The van der Waals surface area contributed by atoms with Crippen molar-refractivity contribution < 1.29 is 14.3 Å². The van der Waals surface area contributed by atoms with Gasteiger partial charge in [-0.25, -0.2) is 0 Å². The normalized spacial score (nSPS) is 19.6. The summed E-state index contributed by atoms with van der Waals surface area (Å²) in [5.41, 5.74) is 0.133. The Bertz CT molecular complexity index is 692. The zero-order valence-corrected chi connectivity index (χ0v) is 15.6. The maximum atomic E-state index is 12.9. The fourth-order valence-corrected chi connectivity index (χ4v) is 3.73. The highest BCUT2D eigenvalue weighted by molar-refractivity contribution is 5.85. The minimum absolute atomic E-state index is 0.0689. The number of ether oxygens (including phenoxy) is 2. The number of anilines is 1. The summed E-state index contributed by atoms with van der Waals surface area (Å²) in [6.07, 6.45) is 5.49. The molecule has 1 saturated carbocycles. The lowest BCUT2D eigenvalue weighted by molar-refractivity contribution is -0.135. The summed E-state index contributed by atoms with van der Waals surface area (Å²) < 4.78 is 11.3. The lowest BCUT2D eigenvalue weighted by Crippen LogP contribution is -2.53. The van der Waals surface area contributed by atoms with E-state index in [-0.39, 0.29) is 5.91 Å². The molecular formula is C20H27N3O3. The van der Waals surface area contributed by atoms with Crippen molar-refractivity contribution in [3.63, 3.8) is 0 Å². The average Bonchev–Trinajstić information content (AvgIpc) is 2.92. The number of nitrogens with one attached hydrogen (secondary N) is 1. The molecule has 140 valence electrons. The summed E-state index contributed by atoms with van der Waals surface area (Å²) in [6, 6.07) is 7.59. The summed E-state index contributed by atoms with van der Waals surface area (Å²) in [5.74, 6) is 1.36. The van der Waals surface area contributed by atoms with E-state index in [1.54, 1.807) is 11.9 Å². The lowest BCUT2D eigenvalue weighted by atomic mass is 9.81. The van der Waals surface area contributed by atoms with Crippen LogP contribution in [0.5, 0.6) is 11.5 Å². The fraction of sp³-hybridized carbons (Fsp3) is 0.600. The first-order valence-corrected chi connectivity index (χ1v) is 9.41. The number of amides is 1. The minimum atomic E-state index is -0.671. The second-order valence-corrected chi connectivity index (χ2v) is 7.18. The molecule has 0 unspecified atom stereocenters. The number of nitriles is 1. The number of hydrogen-bond acceptors (Lipinski definition) is 5. The molecule has 1 aromatic rings. The molecule has 2 aliphatic rings. The van der Waals surface area contributed by atoms with Gasteiger partial charge in [-0.3, -0.25) is 4.79 Å². The van der Waals surface area contributed by atoms with E-state index >= 15 is 0 Å². The fourth-order valence-electron chi connectivity index (χ4n) is 3.73. The summed E-state index contributed by atoms with van der Waals surface area (Å²) in [5, 5.41) is 12.9. The van der Waals surface area contributed by atoms with Gasteiger partial charge in [-0.1, -0.05) is 19.3 Å². The van der Waals surface area contributed by atoms with Gasteiger partial charge in [-0.15, -0.1) is 0 Å². The summed E-state index contributed by atoms with van der Waals surface area (Å²) in [6.45, 7) is 3.10. The van der Waals surface area contributed by atoms with Crippen LogP contribution in [0.4, 0.5) is 5.69 Å². The van der Waals surface area contributed by atoms with E-state index in [1.165, 1.54) is 0 Å². The lowest BCUT2D eigenvalue weighted by Gasteiger charge is -2.40. The molecule has 6 heteroatoms. The molecule has 0 aromatic heterocycles. The van der Waals surface area contributed by atoms with Crippen LogP contribution in [0.2, 0.25) is 0 Å². The number of rotatable bonds is 4. The third-order valence-electron chi connectivity index (χ3n) is 5.36. The van der Waals surface area contributed by atoms with Gasteiger partial charge >= 0.3 is 0 Å². The Morgan fingerprint density at radius 1 is 1.19 bits per heavy atom. The molecule has 26 heavy (non-hydrogen) atoms. The maximum absolute atomic E-state index is 12.9. The number of carbonyl (C=O) groups is 1. The topological polar surface area (TPSA) is 74.6 Å². The van der Waals surface area contributed by atoms with Crippen molar-refractivity contribution >= 4 is 11.6 Å². The Balaban J connectivity index is 1.69. The van der Waals surface area contributed by atoms with Crippen LogP contribution in [-0.4, -0.2) is 42.6 Å². The quantitative estimate of drug-likeness (QED) is 0.894. The maximum Gasteiger partial charge on any atom is 0.245 e. The Morgan fingerprint density at radius 2 is 1.88 bits per heavy atom. The summed E-state index contributed by atoms with van der Waals surface area (Å²) >= 11 is 0. The average molecular weight is 357 g/mol. The summed E-state index contributed by atoms with van der Waals surface area (Å²) in [7, 11) is 1.75. The van der Waals surface area contributed by atoms with Crippen LogP contribution in [0.15, 0.2) is 18.2 Å². The molecule has 1 heterocycles. The van der Waals surface area contributed by atoms with E-state index in [1.807, 2.05) is 25.1 Å². The first kappa shape index (κ1) is 18.4. The van der Waals surface area contributed by atoms with E-state index in [4.69, 9.17) is 9.47 Å². The van der Waals surface area contributed by atoms with Gasteiger partial charge in [-0.05, 0) is 31.9 Å². The van der Waals surface area contributed by atoms with E-state index < -0.39 is 11.6 Å². The number of benzene rings is 1. The Kier molecular flexibility index (Phi) is 5.55. The van der Waals surface area contributed by atoms with Gasteiger partial charge in [0.25, 0.3) is 0 Å². The zero-order valence-electron chi connectivity index (χ0n) is 15.6. The molecule has 3 rings (SSSR count). The molecule has 6 nitrogen and oxygen atoms in total. The second kappa shape index (κ2) is 7.86. The third kappa shape index (κ3) is 3.72. The predicted molar refractivity (Wildman–Crippen MR) is 99.3 cm³/mol. The first-order chi connectivity index (χ1) is 12.6. The van der Waals surface area contributed by atoms with Gasteiger partial charge in [0.15, 0.2) is 11.5 Å². The van der Waals surface area contributed by atoms with Crippen molar-refractivity contribution in [2.75, 3.05) is 25.6 Å². The van der Waals surface area contributed by atoms with Crippen molar-refractivity contribution in [1.82, 2.24) is 4.90 Å². The SMILES string of the molecule is C[C@H](Nc1ccc2c(c1)OCCCO2)C(=O)N(C)C1(C#N)CCCCC1. The molecular weight excluding hydrogens is 330 g/mol. The van der Waals surface area contributed by atoms with Crippen molar-refractivity contribution in [3.05, 3.63) is 18.2 Å². The molecule has 0 saturated heterocycles. The zero-order chi connectivity index (χ0) is 18.6. The van der Waals surface area contributed by atoms with Gasteiger partial charge in [0, 0.05) is 25.2 Å². The molecule has 0 bridgehead atoms. The van der Waals surface area contributed by atoms with Gasteiger partial charge in [0.1, 0.15) is 11.6 Å². The smallest absolute Gasteiger partial charge is 0.245 e. The largest absolute Gasteiger partial charge is 0.490 e. The number of fused-ring (bicyclic) bond motifs is 1. The van der Waals surface area contributed by atoms with Gasteiger partial charge in [0.05, 0.1) is 19.3 Å². The molecule has 1 aliphatic carbocycles. The highest BCUT2D eigenvalue weighted by atomic mass is 16.5. The predicted octanol–water partition coefficient (Wildman–Crippen LogP) is 3.33. The number of nitrogens with zero attached hydrogens (tertiary/aromatic N) is 2. The molecule has 1 atom stereocenters. The number of likely N-dealkylation sites (N-methyl/N-ethyl adjacent to an activating group) is 1. The minimum Gasteiger partial charge on any atom is -0.490 e. The van der Waals surface area contributed by atoms with Crippen molar-refractivity contribution in [2.45, 2.75) is 57.0 Å². The van der Waals surface area contributed by atoms with Crippen LogP contribution in [0.3, 0.4) is 0 Å². The van der Waals surface area contributed by atoms with Gasteiger partial charge < -0.3 is 19.7 Å². The van der Waals surface area contributed by atoms with Crippen LogP contribution < -0.4 is 14.8 Å². The highest BCUT2D eigenvalue weighted by Crippen LogP contribution is 2.34. The second-order valence-electron chi connectivity index (χ2n) is 7.18. The van der Waals surface area contributed by atoms with Crippen LogP contribution >= 0.6 is 0 Å². The van der Waals surface area contributed by atoms with Crippen molar-refractivity contribution in [3.8, 4) is 17.6 Å². The van der Waals surface area contributed by atoms with Crippen LogP contribution in [0.1, 0.15) is 45.4 Å². The van der Waals surface area contributed by atoms with Crippen LogP contribution in [0, 0.1) is 11.3 Å². The summed E-state index contributed by atoms with van der Waals surface area (Å²) in [4.78, 5) is 14.6. The number of carbonyl (C=O) groups excluding carboxylic acids is 1.